The molecule has 110 valence electrons. The van der Waals surface area contributed by atoms with Crippen molar-refractivity contribution in [3.05, 3.63) is 29.1 Å². The first kappa shape index (κ1) is 15.0. The van der Waals surface area contributed by atoms with Crippen LogP contribution in [-0.2, 0) is 0 Å². The van der Waals surface area contributed by atoms with Crippen molar-refractivity contribution in [2.24, 2.45) is 0 Å². The van der Waals surface area contributed by atoms with Crippen LogP contribution < -0.4 is 4.90 Å². The molecule has 1 fully saturated rings. The lowest BCUT2D eigenvalue weighted by atomic mass is 10.0. The molecule has 0 aromatic heterocycles. The normalized spacial score (nSPS) is 16.8. The fourth-order valence-corrected chi connectivity index (χ4v) is 2.69. The largest absolute Gasteiger partial charge is 0.368 e. The molecule has 0 amide bonds. The van der Waals surface area contributed by atoms with Crippen molar-refractivity contribution in [1.29, 1.82) is 0 Å². The van der Waals surface area contributed by atoms with Gasteiger partial charge in [0.1, 0.15) is 5.82 Å². The van der Waals surface area contributed by atoms with Crippen molar-refractivity contribution < 1.29 is 9.18 Å². The number of piperazine rings is 1. The van der Waals surface area contributed by atoms with Gasteiger partial charge < -0.3 is 4.90 Å². The van der Waals surface area contributed by atoms with Gasteiger partial charge in [-0.15, -0.1) is 0 Å². The Morgan fingerprint density at radius 3 is 2.30 bits per heavy atom. The highest BCUT2D eigenvalue weighted by Crippen LogP contribution is 2.26. The lowest BCUT2D eigenvalue weighted by molar-refractivity contribution is 0.101. The van der Waals surface area contributed by atoms with Crippen LogP contribution in [-0.4, -0.2) is 42.9 Å². The van der Waals surface area contributed by atoms with Crippen LogP contribution in [0, 0.1) is 12.7 Å². The summed E-state index contributed by atoms with van der Waals surface area (Å²) in [5.74, 6) is -0.384. The van der Waals surface area contributed by atoms with E-state index in [1.807, 2.05) is 0 Å². The van der Waals surface area contributed by atoms with Crippen LogP contribution >= 0.6 is 0 Å². The highest BCUT2D eigenvalue weighted by atomic mass is 19.1. The number of halogens is 1. The maximum atomic E-state index is 13.7. The van der Waals surface area contributed by atoms with E-state index < -0.39 is 0 Å². The number of carbonyl (C=O) groups excluding carboxylic acids is 1. The lowest BCUT2D eigenvalue weighted by Gasteiger charge is -2.38. The zero-order valence-electron chi connectivity index (χ0n) is 12.7. The summed E-state index contributed by atoms with van der Waals surface area (Å²) in [7, 11) is 0. The first-order valence-corrected chi connectivity index (χ1v) is 7.20. The zero-order chi connectivity index (χ0) is 14.9. The molecular weight excluding hydrogens is 255 g/mol. The molecule has 0 unspecified atom stereocenters. The van der Waals surface area contributed by atoms with Crippen LogP contribution in [0.15, 0.2) is 12.1 Å². The Kier molecular flexibility index (Phi) is 4.43. The summed E-state index contributed by atoms with van der Waals surface area (Å²) in [5, 5.41) is 0. The van der Waals surface area contributed by atoms with E-state index in [9.17, 15) is 9.18 Å². The molecule has 4 heteroatoms. The van der Waals surface area contributed by atoms with Crippen molar-refractivity contribution in [2.75, 3.05) is 31.1 Å². The van der Waals surface area contributed by atoms with Crippen molar-refractivity contribution in [2.45, 2.75) is 33.7 Å². The highest BCUT2D eigenvalue weighted by Gasteiger charge is 2.22. The Balaban J connectivity index is 2.25. The van der Waals surface area contributed by atoms with E-state index in [0.29, 0.717) is 17.2 Å². The fourth-order valence-electron chi connectivity index (χ4n) is 2.69. The second-order valence-electron chi connectivity index (χ2n) is 5.79. The number of rotatable bonds is 3. The van der Waals surface area contributed by atoms with E-state index in [1.165, 1.54) is 13.0 Å². The monoisotopic (exact) mass is 278 g/mol. The van der Waals surface area contributed by atoms with E-state index in [1.54, 1.807) is 13.0 Å². The van der Waals surface area contributed by atoms with Crippen molar-refractivity contribution in [1.82, 2.24) is 4.90 Å². The lowest BCUT2D eigenvalue weighted by Crippen LogP contribution is -2.49. The third kappa shape index (κ3) is 3.01. The average Bonchev–Trinajstić information content (AvgIpc) is 2.41. The molecule has 2 rings (SSSR count). The van der Waals surface area contributed by atoms with Crippen LogP contribution in [0.1, 0.15) is 36.7 Å². The van der Waals surface area contributed by atoms with E-state index >= 15 is 0 Å². The number of Topliss-reactive ketones (excluding diaryl/α,β-unsaturated/α-hetero) is 1. The van der Waals surface area contributed by atoms with Crippen molar-refractivity contribution in [3.63, 3.8) is 0 Å². The molecule has 0 saturated carbocycles. The van der Waals surface area contributed by atoms with Gasteiger partial charge in [0.05, 0.1) is 0 Å². The number of hydrogen-bond acceptors (Lipinski definition) is 3. The number of nitrogens with zero attached hydrogens (tertiary/aromatic N) is 2. The SMILES string of the molecule is CC(=O)c1cc(F)c(C)cc1N1CCN(C(C)C)CC1. The summed E-state index contributed by atoms with van der Waals surface area (Å²) in [6.45, 7) is 11.3. The number of anilines is 1. The van der Waals surface area contributed by atoms with Crippen molar-refractivity contribution >= 4 is 11.5 Å². The molecule has 1 aromatic rings. The number of carbonyl (C=O) groups is 1. The number of aryl methyl sites for hydroxylation is 1. The Hall–Kier alpha value is -1.42. The van der Waals surface area contributed by atoms with Crippen molar-refractivity contribution in [3.8, 4) is 0 Å². The summed E-state index contributed by atoms with van der Waals surface area (Å²) < 4.78 is 13.7. The standard InChI is InChI=1S/C16H23FN2O/c1-11(2)18-5-7-19(8-6-18)16-9-12(3)15(17)10-14(16)13(4)20/h9-11H,5-8H2,1-4H3. The molecule has 0 aliphatic carbocycles. The summed E-state index contributed by atoms with van der Waals surface area (Å²) in [6.07, 6.45) is 0. The molecule has 1 aliphatic rings. The molecule has 1 saturated heterocycles. The summed E-state index contributed by atoms with van der Waals surface area (Å²) in [6, 6.07) is 3.72. The molecule has 1 heterocycles. The molecular formula is C16H23FN2O. The van der Waals surface area contributed by atoms with Gasteiger partial charge in [-0.2, -0.15) is 0 Å². The summed E-state index contributed by atoms with van der Waals surface area (Å²) in [4.78, 5) is 16.4. The molecule has 0 radical (unpaired) electrons. The first-order chi connectivity index (χ1) is 9.40. The van der Waals surface area contributed by atoms with Gasteiger partial charge >= 0.3 is 0 Å². The van der Waals surface area contributed by atoms with E-state index in [4.69, 9.17) is 0 Å². The van der Waals surface area contributed by atoms with Gasteiger partial charge in [0.2, 0.25) is 0 Å². The van der Waals surface area contributed by atoms with Gasteiger partial charge in [0.25, 0.3) is 0 Å². The first-order valence-electron chi connectivity index (χ1n) is 7.20. The molecule has 0 atom stereocenters. The molecule has 1 aliphatic heterocycles. The molecule has 0 N–H and O–H groups in total. The average molecular weight is 278 g/mol. The Bertz CT molecular complexity index is 505. The van der Waals surface area contributed by atoms with Gasteiger partial charge in [-0.3, -0.25) is 9.69 Å². The molecule has 0 spiro atoms. The van der Waals surface area contributed by atoms with Gasteiger partial charge in [-0.05, 0) is 45.4 Å². The Morgan fingerprint density at radius 2 is 1.80 bits per heavy atom. The van der Waals surface area contributed by atoms with E-state index in [2.05, 4.69) is 23.6 Å². The minimum atomic E-state index is -0.306. The van der Waals surface area contributed by atoms with Gasteiger partial charge in [0.15, 0.2) is 5.78 Å². The predicted octanol–water partition coefficient (Wildman–Crippen LogP) is 2.87. The second-order valence-corrected chi connectivity index (χ2v) is 5.79. The van der Waals surface area contributed by atoms with Gasteiger partial charge in [0, 0.05) is 43.5 Å². The maximum Gasteiger partial charge on any atom is 0.161 e. The van der Waals surface area contributed by atoms with E-state index in [0.717, 1.165) is 31.9 Å². The molecule has 3 nitrogen and oxygen atoms in total. The molecule has 0 bridgehead atoms. The fraction of sp³-hybridized carbons (Fsp3) is 0.562. The smallest absolute Gasteiger partial charge is 0.161 e. The summed E-state index contributed by atoms with van der Waals surface area (Å²) >= 11 is 0. The Labute approximate surface area is 120 Å². The van der Waals surface area contributed by atoms with Crippen LogP contribution in [0.3, 0.4) is 0 Å². The van der Waals surface area contributed by atoms with Gasteiger partial charge in [-0.1, -0.05) is 0 Å². The van der Waals surface area contributed by atoms with Crippen LogP contribution in [0.5, 0.6) is 0 Å². The topological polar surface area (TPSA) is 23.6 Å². The highest BCUT2D eigenvalue weighted by molar-refractivity contribution is 6.00. The third-order valence-corrected chi connectivity index (χ3v) is 4.04. The maximum absolute atomic E-state index is 13.7. The summed E-state index contributed by atoms with van der Waals surface area (Å²) in [5.41, 5.74) is 1.96. The predicted molar refractivity (Wildman–Crippen MR) is 80.1 cm³/mol. The minimum Gasteiger partial charge on any atom is -0.368 e. The molecule has 1 aromatic carbocycles. The van der Waals surface area contributed by atoms with Crippen LogP contribution in [0.2, 0.25) is 0 Å². The third-order valence-electron chi connectivity index (χ3n) is 4.04. The minimum absolute atomic E-state index is 0.0785. The number of benzene rings is 1. The Morgan fingerprint density at radius 1 is 1.20 bits per heavy atom. The number of ketones is 1. The molecule has 20 heavy (non-hydrogen) atoms. The quantitative estimate of drug-likeness (QED) is 0.794. The number of hydrogen-bond donors (Lipinski definition) is 0. The van der Waals surface area contributed by atoms with Crippen LogP contribution in [0.25, 0.3) is 0 Å². The van der Waals surface area contributed by atoms with E-state index in [-0.39, 0.29) is 11.6 Å². The zero-order valence-corrected chi connectivity index (χ0v) is 12.7. The van der Waals surface area contributed by atoms with Gasteiger partial charge in [-0.25, -0.2) is 4.39 Å². The van der Waals surface area contributed by atoms with Crippen LogP contribution in [0.4, 0.5) is 10.1 Å². The second kappa shape index (κ2) is 5.92.